The maximum absolute atomic E-state index is 13.5. The van der Waals surface area contributed by atoms with Crippen LogP contribution in [0.5, 0.6) is 0 Å². The molecule has 5 rings (SSSR count). The first-order valence-corrected chi connectivity index (χ1v) is 13.4. The molecule has 1 saturated heterocycles. The summed E-state index contributed by atoms with van der Waals surface area (Å²) in [5.41, 5.74) is 5.17. The van der Waals surface area contributed by atoms with Crippen molar-refractivity contribution in [3.63, 3.8) is 0 Å². The molecule has 1 N–H and O–H groups in total. The van der Waals surface area contributed by atoms with Crippen LogP contribution in [0.15, 0.2) is 79.0 Å². The molecule has 0 radical (unpaired) electrons. The lowest BCUT2D eigenvalue weighted by Gasteiger charge is -2.25. The van der Waals surface area contributed by atoms with Crippen molar-refractivity contribution in [3.05, 3.63) is 101 Å². The summed E-state index contributed by atoms with van der Waals surface area (Å²) in [6.45, 7) is 4.85. The second-order valence-electron chi connectivity index (χ2n) is 9.87. The van der Waals surface area contributed by atoms with Crippen molar-refractivity contribution < 1.29 is 14.3 Å². The first kappa shape index (κ1) is 26.7. The highest BCUT2D eigenvalue weighted by Gasteiger charge is 2.27. The average Bonchev–Trinajstić information content (AvgIpc) is 3.59. The molecule has 1 aromatic heterocycles. The monoisotopic (exact) mass is 542 g/mol. The Kier molecular flexibility index (Phi) is 8.10. The van der Waals surface area contributed by atoms with Crippen molar-refractivity contribution >= 4 is 29.4 Å². The molecule has 1 atom stereocenters. The fraction of sp³-hybridized carbons (Fsp3) is 0.258. The van der Waals surface area contributed by atoms with Crippen LogP contribution >= 0.6 is 11.6 Å². The molecule has 0 unspecified atom stereocenters. The molecular formula is C31H31ClN4O3. The molecule has 3 aromatic carbocycles. The lowest BCUT2D eigenvalue weighted by Crippen LogP contribution is -2.42. The second-order valence-corrected chi connectivity index (χ2v) is 10.3. The topological polar surface area (TPSA) is 76.5 Å². The third-order valence-electron chi connectivity index (χ3n) is 6.79. The number of carbonyl (C=O) groups is 2. The fourth-order valence-corrected chi connectivity index (χ4v) is 4.85. The first-order valence-electron chi connectivity index (χ1n) is 13.1. The number of imidazole rings is 1. The third-order valence-corrected chi connectivity index (χ3v) is 7.12. The molecule has 8 heteroatoms. The lowest BCUT2D eigenvalue weighted by atomic mass is 10.1. The van der Waals surface area contributed by atoms with E-state index in [9.17, 15) is 9.59 Å². The summed E-state index contributed by atoms with van der Waals surface area (Å²) in [6, 6.07) is 22.9. The molecule has 0 spiro atoms. The third kappa shape index (κ3) is 6.38. The van der Waals surface area contributed by atoms with E-state index in [-0.39, 0.29) is 24.5 Å². The van der Waals surface area contributed by atoms with Gasteiger partial charge >= 0.3 is 0 Å². The van der Waals surface area contributed by atoms with Crippen molar-refractivity contribution in [3.8, 4) is 16.9 Å². The van der Waals surface area contributed by atoms with Gasteiger partial charge in [-0.25, -0.2) is 4.98 Å². The van der Waals surface area contributed by atoms with Gasteiger partial charge in [0.05, 0.1) is 22.4 Å². The number of nitrogens with one attached hydrogen (secondary N) is 1. The molecule has 200 valence electrons. The smallest absolute Gasteiger partial charge is 0.255 e. The van der Waals surface area contributed by atoms with Gasteiger partial charge in [-0.05, 0) is 51.0 Å². The zero-order valence-corrected chi connectivity index (χ0v) is 22.8. The highest BCUT2D eigenvalue weighted by Crippen LogP contribution is 2.25. The van der Waals surface area contributed by atoms with E-state index in [2.05, 4.69) is 5.32 Å². The second kappa shape index (κ2) is 11.8. The Morgan fingerprint density at radius 2 is 1.72 bits per heavy atom. The van der Waals surface area contributed by atoms with Crippen molar-refractivity contribution in [1.29, 1.82) is 0 Å². The average molecular weight is 543 g/mol. The zero-order valence-electron chi connectivity index (χ0n) is 22.1. The van der Waals surface area contributed by atoms with E-state index >= 15 is 0 Å². The highest BCUT2D eigenvalue weighted by atomic mass is 35.5. The number of carbonyl (C=O) groups excluding carboxylic acids is 2. The normalized spacial score (nSPS) is 14.8. The predicted octanol–water partition coefficient (Wildman–Crippen LogP) is 6.07. The first-order chi connectivity index (χ1) is 18.9. The van der Waals surface area contributed by atoms with Gasteiger partial charge in [-0.3, -0.25) is 19.5 Å². The van der Waals surface area contributed by atoms with E-state index in [0.717, 1.165) is 40.9 Å². The van der Waals surface area contributed by atoms with Crippen molar-refractivity contribution in [2.45, 2.75) is 32.8 Å². The molecule has 2 heterocycles. The van der Waals surface area contributed by atoms with Gasteiger partial charge in [0.15, 0.2) is 0 Å². The van der Waals surface area contributed by atoms with Crippen LogP contribution in [0.1, 0.15) is 34.3 Å². The Morgan fingerprint density at radius 3 is 2.38 bits per heavy atom. The number of anilines is 1. The minimum atomic E-state index is -0.359. The number of ether oxygens (including phenoxy) is 1. The molecule has 7 nitrogen and oxygen atoms in total. The van der Waals surface area contributed by atoms with Gasteiger partial charge in [0.2, 0.25) is 11.9 Å². The number of amides is 2. The van der Waals surface area contributed by atoms with E-state index in [1.807, 2.05) is 73.1 Å². The zero-order chi connectivity index (χ0) is 27.4. The van der Waals surface area contributed by atoms with Crippen LogP contribution < -0.4 is 5.32 Å². The van der Waals surface area contributed by atoms with Gasteiger partial charge in [0.1, 0.15) is 6.54 Å². The summed E-state index contributed by atoms with van der Waals surface area (Å²) in [5, 5.41) is 3.29. The molecule has 4 aromatic rings. The van der Waals surface area contributed by atoms with Crippen molar-refractivity contribution in [1.82, 2.24) is 14.5 Å². The van der Waals surface area contributed by atoms with Crippen LogP contribution in [0.4, 0.5) is 5.95 Å². The van der Waals surface area contributed by atoms with Crippen LogP contribution in [-0.2, 0) is 9.53 Å². The van der Waals surface area contributed by atoms with E-state index in [1.54, 1.807) is 24.3 Å². The molecule has 0 saturated carbocycles. The van der Waals surface area contributed by atoms with Crippen LogP contribution in [0, 0.1) is 13.8 Å². The van der Waals surface area contributed by atoms with Crippen molar-refractivity contribution in [2.24, 2.45) is 0 Å². The Labute approximate surface area is 233 Å². The molecule has 1 fully saturated rings. The molecule has 39 heavy (non-hydrogen) atoms. The van der Waals surface area contributed by atoms with E-state index < -0.39 is 0 Å². The maximum Gasteiger partial charge on any atom is 0.255 e. The molecule has 1 aliphatic rings. The summed E-state index contributed by atoms with van der Waals surface area (Å²) >= 11 is 6.32. The summed E-state index contributed by atoms with van der Waals surface area (Å²) in [6.07, 6.45) is 3.56. The minimum Gasteiger partial charge on any atom is -0.376 e. The number of rotatable bonds is 8. The fourth-order valence-electron chi connectivity index (χ4n) is 4.63. The quantitative estimate of drug-likeness (QED) is 0.293. The van der Waals surface area contributed by atoms with E-state index in [1.165, 1.54) is 4.90 Å². The predicted molar refractivity (Wildman–Crippen MR) is 153 cm³/mol. The van der Waals surface area contributed by atoms with Gasteiger partial charge < -0.3 is 9.64 Å². The number of hydrogen-bond donors (Lipinski definition) is 1. The molecule has 0 bridgehead atoms. The lowest BCUT2D eigenvalue weighted by molar-refractivity contribution is -0.117. The highest BCUT2D eigenvalue weighted by molar-refractivity contribution is 6.33. The largest absolute Gasteiger partial charge is 0.376 e. The number of hydrogen-bond acceptors (Lipinski definition) is 4. The Hall–Kier alpha value is -3.94. The van der Waals surface area contributed by atoms with Gasteiger partial charge in [0, 0.05) is 30.6 Å². The maximum atomic E-state index is 13.5. The van der Waals surface area contributed by atoms with Gasteiger partial charge in [-0.2, -0.15) is 0 Å². The Bertz CT molecular complexity index is 1460. The molecule has 2 amide bonds. The minimum absolute atomic E-state index is 0.119. The van der Waals surface area contributed by atoms with Gasteiger partial charge in [-0.15, -0.1) is 0 Å². The number of nitrogens with zero attached hydrogens (tertiary/aromatic N) is 3. The van der Waals surface area contributed by atoms with Crippen LogP contribution in [0.3, 0.4) is 0 Å². The summed E-state index contributed by atoms with van der Waals surface area (Å²) in [7, 11) is 0. The van der Waals surface area contributed by atoms with Gasteiger partial charge in [0.25, 0.3) is 5.91 Å². The van der Waals surface area contributed by atoms with Crippen LogP contribution in [0.25, 0.3) is 16.9 Å². The Morgan fingerprint density at radius 1 is 1.03 bits per heavy atom. The van der Waals surface area contributed by atoms with Gasteiger partial charge in [-0.1, -0.05) is 71.3 Å². The molecule has 1 aliphatic heterocycles. The Balaban J connectivity index is 1.42. The summed E-state index contributed by atoms with van der Waals surface area (Å²) < 4.78 is 7.63. The van der Waals surface area contributed by atoms with Crippen LogP contribution in [-0.4, -0.2) is 52.1 Å². The summed E-state index contributed by atoms with van der Waals surface area (Å²) in [4.78, 5) is 33.1. The molecule has 0 aliphatic carbocycles. The number of benzene rings is 3. The van der Waals surface area contributed by atoms with E-state index in [0.29, 0.717) is 29.7 Å². The van der Waals surface area contributed by atoms with Crippen LogP contribution in [0.2, 0.25) is 5.02 Å². The number of halogens is 1. The van der Waals surface area contributed by atoms with Crippen molar-refractivity contribution in [2.75, 3.05) is 25.0 Å². The molecular weight excluding hydrogens is 512 g/mol. The van der Waals surface area contributed by atoms with E-state index in [4.69, 9.17) is 21.3 Å². The number of aryl methyl sites for hydroxylation is 2. The SMILES string of the molecule is Cc1ccc(-c2cn(-c3ccc(C)cc3)c(NC(=O)CN(C[C@@H]3CCCO3)C(=O)c3ccccc3Cl)n2)cc1. The number of aromatic nitrogens is 2. The standard InChI is InChI=1S/C31H31ClN4O3/c1-21-9-13-23(14-10-21)28-19-36(24-15-11-22(2)12-16-24)31(33-28)34-29(37)20-35(18-25-6-5-17-39-25)30(38)26-7-3-4-8-27(26)32/h3-4,7-16,19,25H,5-6,17-18,20H2,1-2H3,(H,33,34,37)/t25-/m0/s1. The summed E-state index contributed by atoms with van der Waals surface area (Å²) in [5.74, 6) is -0.294.